The van der Waals surface area contributed by atoms with Crippen LogP contribution in [0, 0.1) is 0 Å². The Hall–Kier alpha value is -0.980. The molecule has 1 rings (SSSR count). The van der Waals surface area contributed by atoms with Gasteiger partial charge in [-0.2, -0.15) is 0 Å². The van der Waals surface area contributed by atoms with Crippen LogP contribution in [0.2, 0.25) is 10.0 Å². The number of benzene rings is 1. The van der Waals surface area contributed by atoms with E-state index >= 15 is 0 Å². The third kappa shape index (κ3) is 3.51. The Bertz CT molecular complexity index is 573. The summed E-state index contributed by atoms with van der Waals surface area (Å²) in [7, 11) is -3.49. The third-order valence-electron chi connectivity index (χ3n) is 2.08. The Morgan fingerprint density at radius 3 is 2.50 bits per heavy atom. The number of rotatable bonds is 5. The quantitative estimate of drug-likeness (QED) is 0.874. The van der Waals surface area contributed by atoms with Crippen LogP contribution >= 0.6 is 23.2 Å². The van der Waals surface area contributed by atoms with Gasteiger partial charge < -0.3 is 5.73 Å². The van der Waals surface area contributed by atoms with E-state index in [2.05, 4.69) is 4.72 Å². The number of anilines is 1. The number of sulfonamides is 1. The lowest BCUT2D eigenvalue weighted by Crippen LogP contribution is -2.18. The number of nitrogens with two attached hydrogens (primary N) is 1. The zero-order chi connectivity index (χ0) is 13.9. The van der Waals surface area contributed by atoms with Gasteiger partial charge in [0, 0.05) is 0 Å². The molecule has 1 aromatic rings. The van der Waals surface area contributed by atoms with Crippen LogP contribution in [0.3, 0.4) is 0 Å². The van der Waals surface area contributed by atoms with E-state index in [0.29, 0.717) is 6.42 Å². The number of primary amides is 1. The molecule has 0 aliphatic carbocycles. The molecule has 0 atom stereocenters. The molecule has 0 saturated carbocycles. The standard InChI is InChI=1S/C10H12Cl2N2O3S/c1-2-5-18(16,17)14-7-4-3-6(11)8(9(7)12)10(13)15/h3-4,14H,2,5H2,1H3,(H2,13,15). The summed E-state index contributed by atoms with van der Waals surface area (Å²) in [6.45, 7) is 1.73. The second-order valence-electron chi connectivity index (χ2n) is 3.57. The van der Waals surface area contributed by atoms with Crippen LogP contribution in [0.15, 0.2) is 12.1 Å². The van der Waals surface area contributed by atoms with Crippen LogP contribution in [0.25, 0.3) is 0 Å². The molecule has 0 spiro atoms. The Kier molecular flexibility index (Phi) is 4.84. The summed E-state index contributed by atoms with van der Waals surface area (Å²) in [6.07, 6.45) is 0.462. The molecule has 5 nitrogen and oxygen atoms in total. The number of hydrogen-bond donors (Lipinski definition) is 2. The highest BCUT2D eigenvalue weighted by molar-refractivity contribution is 7.92. The molecule has 0 fully saturated rings. The largest absolute Gasteiger partial charge is 0.366 e. The normalized spacial score (nSPS) is 11.3. The fourth-order valence-electron chi connectivity index (χ4n) is 1.34. The fourth-order valence-corrected chi connectivity index (χ4v) is 3.15. The summed E-state index contributed by atoms with van der Waals surface area (Å²) in [4.78, 5) is 11.2. The summed E-state index contributed by atoms with van der Waals surface area (Å²) in [6, 6.07) is 2.74. The van der Waals surface area contributed by atoms with Crippen LogP contribution < -0.4 is 10.5 Å². The van der Waals surface area contributed by atoms with Crippen LogP contribution in [-0.4, -0.2) is 20.1 Å². The monoisotopic (exact) mass is 310 g/mol. The highest BCUT2D eigenvalue weighted by atomic mass is 35.5. The molecule has 1 aromatic carbocycles. The minimum absolute atomic E-state index is 0.0438. The second-order valence-corrected chi connectivity index (χ2v) is 6.20. The van der Waals surface area contributed by atoms with Gasteiger partial charge in [-0.1, -0.05) is 30.1 Å². The van der Waals surface area contributed by atoms with Gasteiger partial charge in [-0.25, -0.2) is 8.42 Å². The van der Waals surface area contributed by atoms with E-state index in [4.69, 9.17) is 28.9 Å². The van der Waals surface area contributed by atoms with Gasteiger partial charge in [0.1, 0.15) is 0 Å². The molecule has 0 unspecified atom stereocenters. The van der Waals surface area contributed by atoms with Crippen molar-refractivity contribution in [3.05, 3.63) is 27.7 Å². The zero-order valence-electron chi connectivity index (χ0n) is 9.54. The van der Waals surface area contributed by atoms with Gasteiger partial charge >= 0.3 is 0 Å². The molecule has 8 heteroatoms. The summed E-state index contributed by atoms with van der Waals surface area (Å²) < 4.78 is 25.5. The maximum atomic E-state index is 11.6. The number of nitrogens with one attached hydrogen (secondary N) is 1. The van der Waals surface area contributed by atoms with Gasteiger partial charge in [0.05, 0.1) is 27.0 Å². The summed E-state index contributed by atoms with van der Waals surface area (Å²) in [5, 5.41) is -0.0272. The van der Waals surface area contributed by atoms with Gasteiger partial charge in [0.25, 0.3) is 5.91 Å². The first-order valence-corrected chi connectivity index (χ1v) is 7.47. The predicted octanol–water partition coefficient (Wildman–Crippen LogP) is 2.24. The lowest BCUT2D eigenvalue weighted by atomic mass is 10.2. The highest BCUT2D eigenvalue weighted by Gasteiger charge is 2.18. The fraction of sp³-hybridized carbons (Fsp3) is 0.300. The molecule has 0 heterocycles. The number of hydrogen-bond acceptors (Lipinski definition) is 3. The first-order chi connectivity index (χ1) is 8.28. The van der Waals surface area contributed by atoms with Crippen LogP contribution in [0.4, 0.5) is 5.69 Å². The highest BCUT2D eigenvalue weighted by Crippen LogP contribution is 2.31. The van der Waals surface area contributed by atoms with Gasteiger partial charge in [0.15, 0.2) is 0 Å². The maximum absolute atomic E-state index is 11.6. The number of halogens is 2. The molecule has 100 valence electrons. The molecule has 0 bridgehead atoms. The van der Waals surface area contributed by atoms with E-state index < -0.39 is 15.9 Å². The Morgan fingerprint density at radius 1 is 1.39 bits per heavy atom. The molecule has 0 saturated heterocycles. The van der Waals surface area contributed by atoms with Crippen molar-refractivity contribution in [1.29, 1.82) is 0 Å². The second kappa shape index (κ2) is 5.77. The van der Waals surface area contributed by atoms with Gasteiger partial charge in [0.2, 0.25) is 10.0 Å². The first kappa shape index (κ1) is 15.1. The molecule has 0 aromatic heterocycles. The van der Waals surface area contributed by atoms with Crippen LogP contribution in [-0.2, 0) is 10.0 Å². The van der Waals surface area contributed by atoms with Gasteiger partial charge in [-0.05, 0) is 18.6 Å². The van der Waals surface area contributed by atoms with Crippen molar-refractivity contribution in [3.8, 4) is 0 Å². The molecule has 1 amide bonds. The Balaban J connectivity index is 3.21. The van der Waals surface area contributed by atoms with E-state index in [1.807, 2.05) is 0 Å². The smallest absolute Gasteiger partial charge is 0.251 e. The van der Waals surface area contributed by atoms with Crippen molar-refractivity contribution in [2.75, 3.05) is 10.5 Å². The minimum Gasteiger partial charge on any atom is -0.366 e. The molecular weight excluding hydrogens is 299 g/mol. The Labute approximate surface area is 115 Å². The average molecular weight is 311 g/mol. The van der Waals surface area contributed by atoms with Gasteiger partial charge in [-0.3, -0.25) is 9.52 Å². The van der Waals surface area contributed by atoms with E-state index in [1.165, 1.54) is 12.1 Å². The average Bonchev–Trinajstić information content (AvgIpc) is 2.21. The Morgan fingerprint density at radius 2 is 2.00 bits per heavy atom. The van der Waals surface area contributed by atoms with E-state index in [1.54, 1.807) is 6.92 Å². The van der Waals surface area contributed by atoms with Crippen molar-refractivity contribution >= 4 is 44.8 Å². The molecule has 0 radical (unpaired) electrons. The number of amides is 1. The molecular formula is C10H12Cl2N2O3S. The lowest BCUT2D eigenvalue weighted by Gasteiger charge is -2.11. The first-order valence-electron chi connectivity index (χ1n) is 5.06. The molecule has 3 N–H and O–H groups in total. The molecule has 0 aliphatic rings. The zero-order valence-corrected chi connectivity index (χ0v) is 11.9. The minimum atomic E-state index is -3.49. The topological polar surface area (TPSA) is 89.3 Å². The number of carbonyl (C=O) groups is 1. The van der Waals surface area contributed by atoms with Crippen molar-refractivity contribution < 1.29 is 13.2 Å². The van der Waals surface area contributed by atoms with Crippen molar-refractivity contribution in [2.45, 2.75) is 13.3 Å². The number of carbonyl (C=O) groups excluding carboxylic acids is 1. The SMILES string of the molecule is CCCS(=O)(=O)Nc1ccc(Cl)c(C(N)=O)c1Cl. The van der Waals surface area contributed by atoms with Crippen molar-refractivity contribution in [2.24, 2.45) is 5.73 Å². The molecule has 18 heavy (non-hydrogen) atoms. The molecule has 0 aliphatic heterocycles. The van der Waals surface area contributed by atoms with Crippen LogP contribution in [0.1, 0.15) is 23.7 Å². The van der Waals surface area contributed by atoms with Crippen molar-refractivity contribution in [1.82, 2.24) is 0 Å². The van der Waals surface area contributed by atoms with E-state index in [0.717, 1.165) is 0 Å². The van der Waals surface area contributed by atoms with Crippen molar-refractivity contribution in [3.63, 3.8) is 0 Å². The predicted molar refractivity (Wildman–Crippen MR) is 72.7 cm³/mol. The third-order valence-corrected chi connectivity index (χ3v) is 4.26. The summed E-state index contributed by atoms with van der Waals surface area (Å²) in [5.41, 5.74) is 5.11. The van der Waals surface area contributed by atoms with Gasteiger partial charge in [-0.15, -0.1) is 0 Å². The van der Waals surface area contributed by atoms with E-state index in [-0.39, 0.29) is 27.0 Å². The summed E-state index contributed by atoms with van der Waals surface area (Å²) in [5.74, 6) is -0.862. The maximum Gasteiger partial charge on any atom is 0.251 e. The lowest BCUT2D eigenvalue weighted by molar-refractivity contribution is 0.100. The van der Waals surface area contributed by atoms with Crippen LogP contribution in [0.5, 0.6) is 0 Å². The van der Waals surface area contributed by atoms with E-state index in [9.17, 15) is 13.2 Å². The summed E-state index contributed by atoms with van der Waals surface area (Å²) >= 11 is 11.7.